The van der Waals surface area contributed by atoms with E-state index in [1.165, 1.54) is 18.2 Å². The van der Waals surface area contributed by atoms with Crippen LogP contribution in [0.1, 0.15) is 11.9 Å². The molecular weight excluding hydrogens is 252 g/mol. The summed E-state index contributed by atoms with van der Waals surface area (Å²) in [4.78, 5) is 0.0702. The van der Waals surface area contributed by atoms with Gasteiger partial charge in [-0.05, 0) is 23.9 Å². The Labute approximate surface area is 102 Å². The highest BCUT2D eigenvalue weighted by atomic mass is 32.2. The second kappa shape index (κ2) is 4.92. The summed E-state index contributed by atoms with van der Waals surface area (Å²) in [6, 6.07) is 4.10. The number of benzene rings is 1. The molecule has 0 spiro atoms. The van der Waals surface area contributed by atoms with Gasteiger partial charge in [0.05, 0.1) is 13.2 Å². The molecule has 1 aromatic carbocycles. The molecule has 1 fully saturated rings. The Morgan fingerprint density at radius 2 is 1.88 bits per heavy atom. The van der Waals surface area contributed by atoms with Crippen LogP contribution in [0.15, 0.2) is 23.1 Å². The van der Waals surface area contributed by atoms with Crippen LogP contribution in [0.4, 0.5) is 13.2 Å². The van der Waals surface area contributed by atoms with E-state index >= 15 is 0 Å². The summed E-state index contributed by atoms with van der Waals surface area (Å²) in [5.74, 6) is 0. The van der Waals surface area contributed by atoms with Crippen molar-refractivity contribution < 1.29 is 22.6 Å². The van der Waals surface area contributed by atoms with E-state index in [1.807, 2.05) is 0 Å². The monoisotopic (exact) mass is 260 g/mol. The predicted octanol–water partition coefficient (Wildman–Crippen LogP) is 2.14. The van der Waals surface area contributed by atoms with Gasteiger partial charge in [-0.25, -0.2) is 0 Å². The van der Waals surface area contributed by atoms with Crippen molar-refractivity contribution >= 4 is 25.1 Å². The summed E-state index contributed by atoms with van der Waals surface area (Å²) in [7, 11) is 5.68. The third-order valence-electron chi connectivity index (χ3n) is 2.17. The molecule has 1 heterocycles. The van der Waals surface area contributed by atoms with Crippen molar-refractivity contribution in [2.75, 3.05) is 13.2 Å². The first kappa shape index (κ1) is 12.8. The zero-order chi connectivity index (χ0) is 12.5. The molecule has 2 radical (unpaired) electrons. The molecule has 1 saturated heterocycles. The van der Waals surface area contributed by atoms with Gasteiger partial charge in [0.25, 0.3) is 0 Å². The molecule has 1 aliphatic rings. The Kier molecular flexibility index (Phi) is 3.70. The van der Waals surface area contributed by atoms with Gasteiger partial charge < -0.3 is 9.47 Å². The minimum absolute atomic E-state index is 0.0702. The highest BCUT2D eigenvalue weighted by molar-refractivity contribution is 8.00. The van der Waals surface area contributed by atoms with Crippen LogP contribution in [0.2, 0.25) is 0 Å². The zero-order valence-corrected chi connectivity index (χ0v) is 9.48. The number of rotatable bonds is 2. The summed E-state index contributed by atoms with van der Waals surface area (Å²) >= 11 is -0.184. The predicted molar refractivity (Wildman–Crippen MR) is 58.4 cm³/mol. The summed E-state index contributed by atoms with van der Waals surface area (Å²) in [6.45, 7) is 0.835. The van der Waals surface area contributed by atoms with Gasteiger partial charge in [0.2, 0.25) is 0 Å². The third-order valence-corrected chi connectivity index (χ3v) is 2.89. The molecule has 90 valence electrons. The first-order valence-corrected chi connectivity index (χ1v) is 5.66. The molecular formula is C10H8BF3O2S. The van der Waals surface area contributed by atoms with Crippen molar-refractivity contribution in [3.05, 3.63) is 23.8 Å². The van der Waals surface area contributed by atoms with Gasteiger partial charge in [-0.3, -0.25) is 0 Å². The second-order valence-corrected chi connectivity index (χ2v) is 4.55. The molecule has 0 saturated carbocycles. The van der Waals surface area contributed by atoms with Gasteiger partial charge in [0.1, 0.15) is 7.85 Å². The van der Waals surface area contributed by atoms with Crippen LogP contribution in [0.25, 0.3) is 0 Å². The lowest BCUT2D eigenvalue weighted by Gasteiger charge is -2.14. The molecule has 7 heteroatoms. The zero-order valence-electron chi connectivity index (χ0n) is 8.66. The molecule has 0 aromatic heterocycles. The Hall–Kier alpha value is -0.655. The van der Waals surface area contributed by atoms with Crippen molar-refractivity contribution in [1.82, 2.24) is 0 Å². The summed E-state index contributed by atoms with van der Waals surface area (Å²) in [6.07, 6.45) is -0.663. The number of hydrogen-bond donors (Lipinski definition) is 0. The molecule has 0 unspecified atom stereocenters. The SMILES string of the molecule is [B]c1ccc(SC(F)(F)F)cc1C1OCCO1. The summed E-state index contributed by atoms with van der Waals surface area (Å²) < 4.78 is 47.1. The normalized spacial score (nSPS) is 17.6. The standard InChI is InChI=1S/C10H8BF3O2S/c11-8-2-1-6(17-10(12,13)14)5-7(8)9-15-3-4-16-9/h1-2,5,9H,3-4H2. The molecule has 0 N–H and O–H groups in total. The van der Waals surface area contributed by atoms with Gasteiger partial charge in [-0.15, -0.1) is 0 Å². The average molecular weight is 260 g/mol. The lowest BCUT2D eigenvalue weighted by Crippen LogP contribution is -2.15. The summed E-state index contributed by atoms with van der Waals surface area (Å²) in [5.41, 5.74) is -3.51. The number of thioether (sulfide) groups is 1. The van der Waals surface area contributed by atoms with E-state index in [-0.39, 0.29) is 16.7 Å². The van der Waals surface area contributed by atoms with E-state index in [4.69, 9.17) is 17.3 Å². The molecule has 0 atom stereocenters. The van der Waals surface area contributed by atoms with E-state index in [1.54, 1.807) is 0 Å². The maximum absolute atomic E-state index is 12.2. The lowest BCUT2D eigenvalue weighted by molar-refractivity contribution is -0.0436. The highest BCUT2D eigenvalue weighted by Gasteiger charge is 2.30. The number of ether oxygens (including phenoxy) is 2. The van der Waals surface area contributed by atoms with Crippen LogP contribution in [0.5, 0.6) is 0 Å². The minimum atomic E-state index is -4.31. The highest BCUT2D eigenvalue weighted by Crippen LogP contribution is 2.37. The molecule has 17 heavy (non-hydrogen) atoms. The fourth-order valence-corrected chi connectivity index (χ4v) is 2.08. The van der Waals surface area contributed by atoms with Crippen molar-refractivity contribution in [2.45, 2.75) is 16.7 Å². The second-order valence-electron chi connectivity index (χ2n) is 3.41. The quantitative estimate of drug-likeness (QED) is 0.599. The van der Waals surface area contributed by atoms with Crippen LogP contribution in [0, 0.1) is 0 Å². The Bertz CT molecular complexity index is 405. The van der Waals surface area contributed by atoms with Crippen molar-refractivity contribution in [3.63, 3.8) is 0 Å². The van der Waals surface area contributed by atoms with Gasteiger partial charge in [-0.1, -0.05) is 11.5 Å². The smallest absolute Gasteiger partial charge is 0.346 e. The number of hydrogen-bond acceptors (Lipinski definition) is 3. The maximum atomic E-state index is 12.2. The van der Waals surface area contributed by atoms with Gasteiger partial charge in [-0.2, -0.15) is 13.2 Å². The van der Waals surface area contributed by atoms with E-state index < -0.39 is 11.8 Å². The first-order chi connectivity index (χ1) is 7.96. The lowest BCUT2D eigenvalue weighted by atomic mass is 9.90. The first-order valence-electron chi connectivity index (χ1n) is 4.84. The third kappa shape index (κ3) is 3.40. The van der Waals surface area contributed by atoms with Crippen molar-refractivity contribution in [1.29, 1.82) is 0 Å². The number of halogens is 3. The van der Waals surface area contributed by atoms with Crippen molar-refractivity contribution in [2.24, 2.45) is 0 Å². The van der Waals surface area contributed by atoms with Crippen molar-refractivity contribution in [3.8, 4) is 0 Å². The fraction of sp³-hybridized carbons (Fsp3) is 0.400. The fourth-order valence-electron chi connectivity index (χ4n) is 1.49. The average Bonchev–Trinajstić information content (AvgIpc) is 2.72. The Balaban J connectivity index is 2.22. The van der Waals surface area contributed by atoms with E-state index in [2.05, 4.69) is 0 Å². The molecule has 0 bridgehead atoms. The van der Waals surface area contributed by atoms with Crippen LogP contribution >= 0.6 is 11.8 Å². The Morgan fingerprint density at radius 3 is 2.47 bits per heavy atom. The Morgan fingerprint density at radius 1 is 1.24 bits per heavy atom. The van der Waals surface area contributed by atoms with Gasteiger partial charge in [0.15, 0.2) is 6.29 Å². The molecule has 2 rings (SSSR count). The van der Waals surface area contributed by atoms with Crippen LogP contribution in [-0.4, -0.2) is 26.6 Å². The van der Waals surface area contributed by atoms with Gasteiger partial charge in [0, 0.05) is 10.5 Å². The van der Waals surface area contributed by atoms with E-state index in [0.29, 0.717) is 24.2 Å². The summed E-state index contributed by atoms with van der Waals surface area (Å²) in [5, 5.41) is 0. The van der Waals surface area contributed by atoms with Crippen LogP contribution in [0.3, 0.4) is 0 Å². The molecule has 1 aromatic rings. The maximum Gasteiger partial charge on any atom is 0.446 e. The van der Waals surface area contributed by atoms with E-state index in [0.717, 1.165) is 0 Å². The number of alkyl halides is 3. The largest absolute Gasteiger partial charge is 0.446 e. The molecule has 1 aliphatic heterocycles. The van der Waals surface area contributed by atoms with Crippen LogP contribution < -0.4 is 5.46 Å². The molecule has 2 nitrogen and oxygen atoms in total. The van der Waals surface area contributed by atoms with Gasteiger partial charge >= 0.3 is 5.51 Å². The van der Waals surface area contributed by atoms with E-state index in [9.17, 15) is 13.2 Å². The topological polar surface area (TPSA) is 18.5 Å². The molecule has 0 amide bonds. The van der Waals surface area contributed by atoms with Crippen LogP contribution in [-0.2, 0) is 9.47 Å². The minimum Gasteiger partial charge on any atom is -0.346 e. The molecule has 0 aliphatic carbocycles.